The third kappa shape index (κ3) is 12.3. The standard InChI is InChI=1S/C10H20N6O6/c1-7(17)11-3-12-8(18)13-4-14-9(19)15-5-16-10(20)22-6-21-2/h3-6H2,1-2H3,(H,11,17)(H,16,20)(H2,12,13,18)(H2,14,15,19). The van der Waals surface area contributed by atoms with Gasteiger partial charge in [-0.2, -0.15) is 0 Å². The number of alkyl carbamates (subject to hydrolysis) is 1. The van der Waals surface area contributed by atoms with Crippen LogP contribution in [0.4, 0.5) is 14.4 Å². The summed E-state index contributed by atoms with van der Waals surface area (Å²) < 4.78 is 9.01. The van der Waals surface area contributed by atoms with Crippen LogP contribution in [-0.2, 0) is 14.3 Å². The second-order valence-electron chi connectivity index (χ2n) is 3.64. The summed E-state index contributed by atoms with van der Waals surface area (Å²) in [7, 11) is 1.36. The van der Waals surface area contributed by atoms with Crippen molar-refractivity contribution in [2.75, 3.05) is 33.9 Å². The summed E-state index contributed by atoms with van der Waals surface area (Å²) in [6.07, 6.45) is -0.752. The Morgan fingerprint density at radius 3 is 1.68 bits per heavy atom. The van der Waals surface area contributed by atoms with Crippen molar-refractivity contribution in [2.45, 2.75) is 6.92 Å². The molecule has 12 nitrogen and oxygen atoms in total. The van der Waals surface area contributed by atoms with Gasteiger partial charge < -0.3 is 41.4 Å². The molecule has 0 unspecified atom stereocenters. The van der Waals surface area contributed by atoms with Gasteiger partial charge in [-0.1, -0.05) is 0 Å². The molecule has 0 bridgehead atoms. The predicted octanol–water partition coefficient (Wildman–Crippen LogP) is -2.08. The second kappa shape index (κ2) is 12.0. The number of carbonyl (C=O) groups is 4. The highest BCUT2D eigenvalue weighted by Gasteiger charge is 2.03. The van der Waals surface area contributed by atoms with Gasteiger partial charge >= 0.3 is 18.2 Å². The smallest absolute Gasteiger partial charge is 0.410 e. The number of urea groups is 2. The lowest BCUT2D eigenvalue weighted by Crippen LogP contribution is -2.49. The van der Waals surface area contributed by atoms with Gasteiger partial charge in [0.1, 0.15) is 0 Å². The number of amides is 6. The van der Waals surface area contributed by atoms with E-state index in [1.54, 1.807) is 0 Å². The zero-order valence-electron chi connectivity index (χ0n) is 12.3. The molecule has 0 heterocycles. The van der Waals surface area contributed by atoms with Crippen LogP contribution in [0.3, 0.4) is 0 Å². The Kier molecular flexibility index (Phi) is 10.5. The highest BCUT2D eigenvalue weighted by Crippen LogP contribution is 1.76. The number of hydrogen-bond donors (Lipinski definition) is 6. The van der Waals surface area contributed by atoms with E-state index in [2.05, 4.69) is 41.4 Å². The molecule has 6 N–H and O–H groups in total. The van der Waals surface area contributed by atoms with E-state index in [1.165, 1.54) is 14.0 Å². The number of ether oxygens (including phenoxy) is 2. The van der Waals surface area contributed by atoms with Crippen molar-refractivity contribution in [1.82, 2.24) is 31.9 Å². The molecule has 0 fully saturated rings. The van der Waals surface area contributed by atoms with E-state index in [0.717, 1.165) is 0 Å². The minimum absolute atomic E-state index is 0.0269. The molecule has 0 radical (unpaired) electrons. The summed E-state index contributed by atoms with van der Waals surface area (Å²) in [6.45, 7) is 0.774. The fourth-order valence-corrected chi connectivity index (χ4v) is 0.939. The van der Waals surface area contributed by atoms with Gasteiger partial charge in [0.15, 0.2) is 6.79 Å². The average molecular weight is 320 g/mol. The van der Waals surface area contributed by atoms with E-state index >= 15 is 0 Å². The minimum atomic E-state index is -0.752. The van der Waals surface area contributed by atoms with Gasteiger partial charge in [0.05, 0.1) is 20.0 Å². The second-order valence-corrected chi connectivity index (χ2v) is 3.64. The number of hydrogen-bond acceptors (Lipinski definition) is 6. The highest BCUT2D eigenvalue weighted by atomic mass is 16.7. The van der Waals surface area contributed by atoms with Crippen LogP contribution in [0.25, 0.3) is 0 Å². The fourth-order valence-electron chi connectivity index (χ4n) is 0.939. The lowest BCUT2D eigenvalue weighted by atomic mass is 10.7. The van der Waals surface area contributed by atoms with Gasteiger partial charge in [-0.15, -0.1) is 0 Å². The van der Waals surface area contributed by atoms with Gasteiger partial charge in [0, 0.05) is 14.0 Å². The van der Waals surface area contributed by atoms with Crippen LogP contribution in [-0.4, -0.2) is 58.0 Å². The molecule has 0 aromatic carbocycles. The summed E-state index contributed by atoms with van der Waals surface area (Å²) in [6, 6.07) is -1.19. The fraction of sp³-hybridized carbons (Fsp3) is 0.600. The molecule has 0 aromatic heterocycles. The van der Waals surface area contributed by atoms with Gasteiger partial charge in [-0.05, 0) is 0 Å². The molecule has 0 atom stereocenters. The molecule has 0 aromatic rings. The molecule has 0 aliphatic rings. The van der Waals surface area contributed by atoms with Gasteiger partial charge in [-0.3, -0.25) is 4.79 Å². The van der Waals surface area contributed by atoms with Crippen molar-refractivity contribution >= 4 is 24.1 Å². The Bertz CT molecular complexity index is 390. The van der Waals surface area contributed by atoms with Crippen molar-refractivity contribution < 1.29 is 28.7 Å². The molecule has 6 amide bonds. The first kappa shape index (κ1) is 19.2. The summed E-state index contributed by atoms with van der Waals surface area (Å²) in [4.78, 5) is 43.9. The van der Waals surface area contributed by atoms with Crippen molar-refractivity contribution in [3.05, 3.63) is 0 Å². The summed E-state index contributed by atoms with van der Waals surface area (Å²) >= 11 is 0. The molecule has 0 saturated heterocycles. The molecule has 0 rings (SSSR count). The molecule has 0 spiro atoms. The molecule has 0 saturated carbocycles. The van der Waals surface area contributed by atoms with Gasteiger partial charge in [0.2, 0.25) is 5.91 Å². The number of carbonyl (C=O) groups excluding carboxylic acids is 4. The average Bonchev–Trinajstić information content (AvgIpc) is 2.44. The lowest BCUT2D eigenvalue weighted by Gasteiger charge is -2.10. The van der Waals surface area contributed by atoms with Crippen LogP contribution >= 0.6 is 0 Å². The maximum atomic E-state index is 11.3. The Hall–Kier alpha value is -2.76. The Labute approximate surface area is 126 Å². The van der Waals surface area contributed by atoms with Gasteiger partial charge in [-0.25, -0.2) is 14.4 Å². The minimum Gasteiger partial charge on any atom is -0.422 e. The number of methoxy groups -OCH3 is 1. The molecule has 126 valence electrons. The van der Waals surface area contributed by atoms with E-state index in [1.807, 2.05) is 0 Å². The van der Waals surface area contributed by atoms with Crippen molar-refractivity contribution in [1.29, 1.82) is 0 Å². The van der Waals surface area contributed by atoms with Gasteiger partial charge in [0.25, 0.3) is 0 Å². The Morgan fingerprint density at radius 1 is 0.773 bits per heavy atom. The Balaban J connectivity index is 3.55. The van der Waals surface area contributed by atoms with E-state index in [0.29, 0.717) is 0 Å². The van der Waals surface area contributed by atoms with Crippen LogP contribution in [0, 0.1) is 0 Å². The molecule has 0 aliphatic heterocycles. The SMILES string of the molecule is COCOC(=O)NCNC(=O)NCNC(=O)NCNC(C)=O. The molecular weight excluding hydrogens is 300 g/mol. The largest absolute Gasteiger partial charge is 0.422 e. The normalized spacial score (nSPS) is 9.18. The van der Waals surface area contributed by atoms with Crippen LogP contribution in [0.1, 0.15) is 6.92 Å². The van der Waals surface area contributed by atoms with Crippen LogP contribution in [0.5, 0.6) is 0 Å². The Morgan fingerprint density at radius 2 is 1.23 bits per heavy atom. The first-order valence-corrected chi connectivity index (χ1v) is 6.13. The van der Waals surface area contributed by atoms with E-state index in [9.17, 15) is 19.2 Å². The molecular formula is C10H20N6O6. The van der Waals surface area contributed by atoms with Crippen molar-refractivity contribution in [2.24, 2.45) is 0 Å². The maximum absolute atomic E-state index is 11.3. The first-order chi connectivity index (χ1) is 10.5. The van der Waals surface area contributed by atoms with Crippen LogP contribution in [0.2, 0.25) is 0 Å². The summed E-state index contributed by atoms with van der Waals surface area (Å²) in [5, 5.41) is 13.8. The first-order valence-electron chi connectivity index (χ1n) is 6.13. The zero-order valence-corrected chi connectivity index (χ0v) is 12.3. The molecule has 12 heteroatoms. The van der Waals surface area contributed by atoms with E-state index < -0.39 is 18.2 Å². The third-order valence-corrected chi connectivity index (χ3v) is 1.87. The molecule has 22 heavy (non-hydrogen) atoms. The summed E-state index contributed by atoms with van der Waals surface area (Å²) in [5.41, 5.74) is 0. The zero-order chi connectivity index (χ0) is 16.8. The van der Waals surface area contributed by atoms with Crippen LogP contribution in [0.15, 0.2) is 0 Å². The maximum Gasteiger partial charge on any atom is 0.410 e. The third-order valence-electron chi connectivity index (χ3n) is 1.87. The molecule has 0 aliphatic carbocycles. The monoisotopic (exact) mass is 320 g/mol. The number of rotatable bonds is 8. The van der Waals surface area contributed by atoms with Crippen molar-refractivity contribution in [3.8, 4) is 0 Å². The number of nitrogens with one attached hydrogen (secondary N) is 6. The topological polar surface area (TPSA) is 159 Å². The quantitative estimate of drug-likeness (QED) is 0.282. The summed E-state index contributed by atoms with van der Waals surface area (Å²) in [5.74, 6) is -0.283. The predicted molar refractivity (Wildman–Crippen MR) is 73.2 cm³/mol. The van der Waals surface area contributed by atoms with Crippen LogP contribution < -0.4 is 31.9 Å². The highest BCUT2D eigenvalue weighted by molar-refractivity contribution is 5.77. The van der Waals surface area contributed by atoms with Crippen molar-refractivity contribution in [3.63, 3.8) is 0 Å². The van der Waals surface area contributed by atoms with E-state index in [-0.39, 0.29) is 32.7 Å². The van der Waals surface area contributed by atoms with E-state index in [4.69, 9.17) is 0 Å². The lowest BCUT2D eigenvalue weighted by molar-refractivity contribution is -0.118.